The van der Waals surface area contributed by atoms with Gasteiger partial charge in [-0.25, -0.2) is 14.6 Å². The van der Waals surface area contributed by atoms with Gasteiger partial charge in [0, 0.05) is 6.20 Å². The molecule has 0 saturated carbocycles. The molecule has 0 N–H and O–H groups in total. The maximum absolute atomic E-state index is 4.64. The van der Waals surface area contributed by atoms with E-state index in [1.54, 1.807) is 6.20 Å². The van der Waals surface area contributed by atoms with Crippen LogP contribution in [0.3, 0.4) is 0 Å². The van der Waals surface area contributed by atoms with Gasteiger partial charge in [0.05, 0.1) is 17.4 Å². The maximum Gasteiger partial charge on any atom is 0.177 e. The van der Waals surface area contributed by atoms with Crippen molar-refractivity contribution in [1.29, 1.82) is 0 Å². The van der Waals surface area contributed by atoms with Crippen molar-refractivity contribution in [2.75, 3.05) is 0 Å². The van der Waals surface area contributed by atoms with Crippen LogP contribution in [-0.4, -0.2) is 19.7 Å². The van der Waals surface area contributed by atoms with Gasteiger partial charge in [0.15, 0.2) is 5.65 Å². The summed E-state index contributed by atoms with van der Waals surface area (Å²) in [4.78, 5) is 9.03. The molecule has 2 aromatic heterocycles. The van der Waals surface area contributed by atoms with Gasteiger partial charge in [-0.15, -0.1) is 0 Å². The lowest BCUT2D eigenvalue weighted by Crippen LogP contribution is -2.23. The molecule has 2 heterocycles. The first-order valence-corrected chi connectivity index (χ1v) is 5.61. The van der Waals surface area contributed by atoms with Gasteiger partial charge >= 0.3 is 0 Å². The summed E-state index contributed by atoms with van der Waals surface area (Å²) in [5.41, 5.74) is 2.68. The Hall–Kier alpha value is -1.45. The smallest absolute Gasteiger partial charge is 0.177 e. The van der Waals surface area contributed by atoms with E-state index in [9.17, 15) is 0 Å². The third-order valence-electron chi connectivity index (χ3n) is 2.52. The summed E-state index contributed by atoms with van der Waals surface area (Å²) in [6, 6.07) is 0. The predicted octanol–water partition coefficient (Wildman–Crippen LogP) is 2.70. The zero-order chi connectivity index (χ0) is 11.9. The minimum atomic E-state index is -0.0635. The molecule has 0 aliphatic carbocycles. The highest BCUT2D eigenvalue weighted by atomic mass is 15.3. The standard InChI is InChI=1S/C12H18N4/c1-8(2)9-6-13-10-7-14-16(11(10)15-9)12(3,4)5/h6-8H,1-5H3. The predicted molar refractivity (Wildman–Crippen MR) is 64.4 cm³/mol. The van der Waals surface area contributed by atoms with Crippen LogP contribution in [0.15, 0.2) is 12.4 Å². The Balaban J connectivity index is 2.65. The molecule has 0 atom stereocenters. The molecule has 86 valence electrons. The van der Waals surface area contributed by atoms with E-state index >= 15 is 0 Å². The van der Waals surface area contributed by atoms with Crippen LogP contribution in [0.1, 0.15) is 46.2 Å². The second-order valence-corrected chi connectivity index (χ2v) is 5.39. The molecule has 0 radical (unpaired) electrons. The van der Waals surface area contributed by atoms with Crippen LogP contribution in [0.4, 0.5) is 0 Å². The Morgan fingerprint density at radius 3 is 2.44 bits per heavy atom. The Morgan fingerprint density at radius 1 is 1.19 bits per heavy atom. The van der Waals surface area contributed by atoms with Crippen molar-refractivity contribution in [3.05, 3.63) is 18.1 Å². The molecule has 16 heavy (non-hydrogen) atoms. The highest BCUT2D eigenvalue weighted by Crippen LogP contribution is 2.20. The summed E-state index contributed by atoms with van der Waals surface area (Å²) in [5, 5.41) is 4.36. The molecule has 0 aliphatic rings. The van der Waals surface area contributed by atoms with Crippen LogP contribution in [0.2, 0.25) is 0 Å². The molecule has 0 saturated heterocycles. The third kappa shape index (κ3) is 1.79. The summed E-state index contributed by atoms with van der Waals surface area (Å²) in [7, 11) is 0. The Morgan fingerprint density at radius 2 is 1.88 bits per heavy atom. The lowest BCUT2D eigenvalue weighted by Gasteiger charge is -2.19. The summed E-state index contributed by atoms with van der Waals surface area (Å²) in [6.45, 7) is 10.6. The van der Waals surface area contributed by atoms with Gasteiger partial charge in [0.2, 0.25) is 0 Å². The van der Waals surface area contributed by atoms with Crippen LogP contribution < -0.4 is 0 Å². The molecular weight excluding hydrogens is 200 g/mol. The third-order valence-corrected chi connectivity index (χ3v) is 2.52. The number of fused-ring (bicyclic) bond motifs is 1. The van der Waals surface area contributed by atoms with Crippen LogP contribution in [0.25, 0.3) is 11.2 Å². The monoisotopic (exact) mass is 218 g/mol. The first-order valence-electron chi connectivity index (χ1n) is 5.61. The number of hydrogen-bond donors (Lipinski definition) is 0. The number of rotatable bonds is 1. The quantitative estimate of drug-likeness (QED) is 0.739. The van der Waals surface area contributed by atoms with Gasteiger partial charge < -0.3 is 0 Å². The van der Waals surface area contributed by atoms with Gasteiger partial charge in [-0.1, -0.05) is 13.8 Å². The first kappa shape index (κ1) is 11.0. The fourth-order valence-electron chi connectivity index (χ4n) is 1.58. The molecule has 0 amide bonds. The van der Waals surface area contributed by atoms with E-state index in [4.69, 9.17) is 0 Å². The average molecular weight is 218 g/mol. The van der Waals surface area contributed by atoms with E-state index in [0.29, 0.717) is 5.92 Å². The first-order chi connectivity index (χ1) is 7.39. The maximum atomic E-state index is 4.64. The molecule has 0 aliphatic heterocycles. The zero-order valence-electron chi connectivity index (χ0n) is 10.5. The number of hydrogen-bond acceptors (Lipinski definition) is 3. The summed E-state index contributed by atoms with van der Waals surface area (Å²) < 4.78 is 1.93. The number of nitrogens with zero attached hydrogens (tertiary/aromatic N) is 4. The van der Waals surface area contributed by atoms with E-state index in [1.807, 2.05) is 10.9 Å². The van der Waals surface area contributed by atoms with Crippen LogP contribution in [-0.2, 0) is 5.54 Å². The van der Waals surface area contributed by atoms with Crippen molar-refractivity contribution in [2.45, 2.75) is 46.1 Å². The SMILES string of the molecule is CC(C)c1cnc2cnn(C(C)(C)C)c2n1. The van der Waals surface area contributed by atoms with Crippen LogP contribution in [0.5, 0.6) is 0 Å². The topological polar surface area (TPSA) is 43.6 Å². The molecule has 4 heteroatoms. The van der Waals surface area contributed by atoms with E-state index in [0.717, 1.165) is 16.9 Å². The van der Waals surface area contributed by atoms with Crippen LogP contribution in [0, 0.1) is 0 Å². The van der Waals surface area contributed by atoms with Crippen molar-refractivity contribution in [2.24, 2.45) is 0 Å². The molecule has 0 spiro atoms. The lowest BCUT2D eigenvalue weighted by atomic mass is 10.1. The second kappa shape index (κ2) is 3.54. The fraction of sp³-hybridized carbons (Fsp3) is 0.583. The summed E-state index contributed by atoms with van der Waals surface area (Å²) in [6.07, 6.45) is 3.61. The Labute approximate surface area is 95.7 Å². The number of aromatic nitrogens is 4. The molecule has 0 aromatic carbocycles. The van der Waals surface area contributed by atoms with Crippen molar-refractivity contribution >= 4 is 11.2 Å². The van der Waals surface area contributed by atoms with Gasteiger partial charge in [0.1, 0.15) is 5.52 Å². The lowest BCUT2D eigenvalue weighted by molar-refractivity contribution is 0.365. The van der Waals surface area contributed by atoms with Crippen molar-refractivity contribution in [3.8, 4) is 0 Å². The Bertz CT molecular complexity index is 505. The molecule has 2 aromatic rings. The summed E-state index contributed by atoms with van der Waals surface area (Å²) >= 11 is 0. The summed E-state index contributed by atoms with van der Waals surface area (Å²) in [5.74, 6) is 0.389. The van der Waals surface area contributed by atoms with Crippen molar-refractivity contribution in [3.63, 3.8) is 0 Å². The van der Waals surface area contributed by atoms with Gasteiger partial charge in [-0.2, -0.15) is 5.10 Å². The van der Waals surface area contributed by atoms with Gasteiger partial charge in [-0.05, 0) is 26.7 Å². The minimum absolute atomic E-state index is 0.0635. The van der Waals surface area contributed by atoms with Crippen molar-refractivity contribution in [1.82, 2.24) is 19.7 Å². The zero-order valence-corrected chi connectivity index (χ0v) is 10.5. The largest absolute Gasteiger partial charge is 0.249 e. The van der Waals surface area contributed by atoms with E-state index in [1.165, 1.54) is 0 Å². The second-order valence-electron chi connectivity index (χ2n) is 5.39. The average Bonchev–Trinajstić information content (AvgIpc) is 2.58. The van der Waals surface area contributed by atoms with Gasteiger partial charge in [-0.3, -0.25) is 0 Å². The van der Waals surface area contributed by atoms with E-state index in [-0.39, 0.29) is 5.54 Å². The molecule has 4 nitrogen and oxygen atoms in total. The molecule has 0 bridgehead atoms. The van der Waals surface area contributed by atoms with Crippen LogP contribution >= 0.6 is 0 Å². The molecule has 0 unspecified atom stereocenters. The van der Waals surface area contributed by atoms with E-state index < -0.39 is 0 Å². The van der Waals surface area contributed by atoms with Crippen molar-refractivity contribution < 1.29 is 0 Å². The molecule has 2 rings (SSSR count). The normalized spacial score (nSPS) is 12.6. The van der Waals surface area contributed by atoms with E-state index in [2.05, 4.69) is 49.7 Å². The molecule has 0 fully saturated rings. The fourth-order valence-corrected chi connectivity index (χ4v) is 1.58. The molecular formula is C12H18N4. The van der Waals surface area contributed by atoms with Gasteiger partial charge in [0.25, 0.3) is 0 Å². The minimum Gasteiger partial charge on any atom is -0.249 e. The highest BCUT2D eigenvalue weighted by Gasteiger charge is 2.18. The Kier molecular flexibility index (Phi) is 2.45. The highest BCUT2D eigenvalue weighted by molar-refractivity contribution is 5.69.